The highest BCUT2D eigenvalue weighted by atomic mass is 28.3. The van der Waals surface area contributed by atoms with E-state index in [9.17, 15) is 4.46 Å². The highest BCUT2D eigenvalue weighted by Gasteiger charge is 1.98. The molecule has 0 amide bonds. The zero-order valence-corrected chi connectivity index (χ0v) is 6.19. The summed E-state index contributed by atoms with van der Waals surface area (Å²) in [5.41, 5.74) is 0. The molecule has 0 unspecified atom stereocenters. The van der Waals surface area contributed by atoms with E-state index in [1.807, 2.05) is 6.55 Å². The van der Waals surface area contributed by atoms with E-state index in [0.717, 1.165) is 6.04 Å². The van der Waals surface area contributed by atoms with Gasteiger partial charge in [0.05, 0.1) is 0 Å². The van der Waals surface area contributed by atoms with Crippen LogP contribution in [0.5, 0.6) is 0 Å². The fraction of sp³-hybridized carbons (Fsp3) is 1.00. The molecule has 0 saturated heterocycles. The summed E-state index contributed by atoms with van der Waals surface area (Å²) in [6, 6.07) is 0.907. The lowest BCUT2D eigenvalue weighted by atomic mass is 10.3. The van der Waals surface area contributed by atoms with E-state index < -0.39 is 8.68 Å². The van der Waals surface area contributed by atoms with E-state index >= 15 is 0 Å². The van der Waals surface area contributed by atoms with Crippen molar-refractivity contribution in [2.75, 3.05) is 0 Å². The van der Waals surface area contributed by atoms with Crippen LogP contribution in [-0.4, -0.2) is 8.68 Å². The smallest absolute Gasteiger partial charge is 0.273 e. The van der Waals surface area contributed by atoms with Crippen LogP contribution in [0.15, 0.2) is 0 Å². The van der Waals surface area contributed by atoms with E-state index in [1.54, 1.807) is 0 Å². The van der Waals surface area contributed by atoms with Crippen molar-refractivity contribution >= 4 is 8.68 Å². The molecule has 0 fully saturated rings. The van der Waals surface area contributed by atoms with Crippen molar-refractivity contribution in [2.45, 2.75) is 26.4 Å². The Kier molecular flexibility index (Phi) is 3.08. The van der Waals surface area contributed by atoms with Gasteiger partial charge < -0.3 is 4.46 Å². The Morgan fingerprint density at radius 3 is 2.00 bits per heavy atom. The molecular formula is C5H12OSi. The molecule has 0 aromatic heterocycles. The first kappa shape index (κ1) is 7.02. The molecule has 2 heteroatoms. The summed E-state index contributed by atoms with van der Waals surface area (Å²) < 4.78 is 10.4. The van der Waals surface area contributed by atoms with E-state index in [-0.39, 0.29) is 0 Å². The molecular weight excluding hydrogens is 104 g/mol. The molecule has 0 saturated carbocycles. The second-order valence-electron chi connectivity index (χ2n) is 2.30. The number of rotatable bonds is 2. The van der Waals surface area contributed by atoms with Gasteiger partial charge in [0.1, 0.15) is 0 Å². The molecule has 0 heterocycles. The van der Waals surface area contributed by atoms with Crippen molar-refractivity contribution in [3.8, 4) is 0 Å². The zero-order chi connectivity index (χ0) is 5.86. The average molecular weight is 116 g/mol. The average Bonchev–Trinajstić information content (AvgIpc) is 1.27. The quantitative estimate of drug-likeness (QED) is 0.502. The lowest BCUT2D eigenvalue weighted by molar-refractivity contribution is 0.552. The first-order valence-electron chi connectivity index (χ1n) is 2.62. The molecule has 0 aliphatic carbocycles. The first-order valence-corrected chi connectivity index (χ1v) is 4.74. The van der Waals surface area contributed by atoms with Gasteiger partial charge in [-0.05, 0) is 18.5 Å². The van der Waals surface area contributed by atoms with Crippen LogP contribution in [0.25, 0.3) is 0 Å². The van der Waals surface area contributed by atoms with Gasteiger partial charge >= 0.3 is 0 Å². The molecule has 0 bridgehead atoms. The molecule has 0 aliphatic rings. The minimum absolute atomic E-state index is 0.608. The highest BCUT2D eigenvalue weighted by Crippen LogP contribution is 1.98. The van der Waals surface area contributed by atoms with Crippen LogP contribution in [0, 0.1) is 5.92 Å². The van der Waals surface area contributed by atoms with Gasteiger partial charge in [-0.25, -0.2) is 0 Å². The summed E-state index contributed by atoms with van der Waals surface area (Å²) in [5, 5.41) is 0. The van der Waals surface area contributed by atoms with Crippen LogP contribution < -0.4 is 0 Å². The van der Waals surface area contributed by atoms with Crippen molar-refractivity contribution in [1.82, 2.24) is 0 Å². The van der Waals surface area contributed by atoms with E-state index in [4.69, 9.17) is 0 Å². The number of hydrogen-bond donors (Lipinski definition) is 0. The Morgan fingerprint density at radius 1 is 1.57 bits per heavy atom. The molecule has 0 rings (SSSR count). The summed E-state index contributed by atoms with van der Waals surface area (Å²) in [6.45, 7) is 5.99. The summed E-state index contributed by atoms with van der Waals surface area (Å²) >= 11 is 0. The topological polar surface area (TPSA) is 17.1 Å². The number of hydrogen-bond acceptors (Lipinski definition) is 1. The van der Waals surface area contributed by atoms with Crippen LogP contribution in [0.2, 0.25) is 12.6 Å². The predicted octanol–water partition coefficient (Wildman–Crippen LogP) is 1.69. The summed E-state index contributed by atoms with van der Waals surface area (Å²) in [7, 11) is -1.18. The maximum Gasteiger partial charge on any atom is 0.273 e. The molecule has 0 radical (unpaired) electrons. The first-order chi connectivity index (χ1) is 3.13. The van der Waals surface area contributed by atoms with Crippen LogP contribution in [-0.2, 0) is 4.46 Å². The lowest BCUT2D eigenvalue weighted by Gasteiger charge is -1.94. The fourth-order valence-corrected chi connectivity index (χ4v) is 1.72. The molecule has 7 heavy (non-hydrogen) atoms. The van der Waals surface area contributed by atoms with Crippen LogP contribution in [0.1, 0.15) is 13.8 Å². The molecule has 0 N–H and O–H groups in total. The van der Waals surface area contributed by atoms with Gasteiger partial charge in [-0.1, -0.05) is 13.8 Å². The van der Waals surface area contributed by atoms with Gasteiger partial charge in [-0.2, -0.15) is 0 Å². The van der Waals surface area contributed by atoms with Gasteiger partial charge in [0.25, 0.3) is 8.68 Å². The molecule has 0 aliphatic heterocycles. The minimum atomic E-state index is -1.18. The Bertz CT molecular complexity index is 68.5. The minimum Gasteiger partial charge on any atom is -0.389 e. The molecule has 0 atom stereocenters. The molecule has 0 spiro atoms. The summed E-state index contributed by atoms with van der Waals surface area (Å²) in [5.74, 6) is 0.608. The lowest BCUT2D eigenvalue weighted by Crippen LogP contribution is -1.96. The Morgan fingerprint density at radius 2 is 2.00 bits per heavy atom. The van der Waals surface area contributed by atoms with Crippen LogP contribution in [0.3, 0.4) is 0 Å². The normalized spacial score (nSPS) is 9.71. The largest absolute Gasteiger partial charge is 0.389 e. The van der Waals surface area contributed by atoms with Gasteiger partial charge in [-0.15, -0.1) is 0 Å². The monoisotopic (exact) mass is 116 g/mol. The van der Waals surface area contributed by atoms with E-state index in [1.165, 1.54) is 0 Å². The van der Waals surface area contributed by atoms with Crippen molar-refractivity contribution in [2.24, 2.45) is 5.92 Å². The molecule has 1 nitrogen and oxygen atoms in total. The third kappa shape index (κ3) is 6.02. The molecule has 0 aromatic carbocycles. The van der Waals surface area contributed by atoms with Crippen LogP contribution >= 0.6 is 0 Å². The Hall–Kier alpha value is 0.0169. The van der Waals surface area contributed by atoms with Crippen molar-refractivity contribution in [1.29, 1.82) is 0 Å². The molecule has 0 aromatic rings. The standard InChI is InChI=1S/C5H12OSi/c1-5(2)4-7(3)6/h5H,4H2,1-3H3. The zero-order valence-electron chi connectivity index (χ0n) is 5.19. The second kappa shape index (κ2) is 3.08. The van der Waals surface area contributed by atoms with Gasteiger partial charge in [0.2, 0.25) is 0 Å². The van der Waals surface area contributed by atoms with Crippen molar-refractivity contribution < 1.29 is 4.46 Å². The Labute approximate surface area is 46.4 Å². The maximum absolute atomic E-state index is 10.4. The van der Waals surface area contributed by atoms with Gasteiger partial charge in [0, 0.05) is 0 Å². The summed E-state index contributed by atoms with van der Waals surface area (Å²) in [4.78, 5) is 0. The van der Waals surface area contributed by atoms with Crippen LogP contribution in [0.4, 0.5) is 0 Å². The van der Waals surface area contributed by atoms with Gasteiger partial charge in [0.15, 0.2) is 0 Å². The van der Waals surface area contributed by atoms with E-state index in [2.05, 4.69) is 13.8 Å². The Balaban J connectivity index is 3.13. The SMILES string of the molecule is CC(C)C[Si](C)=O. The predicted molar refractivity (Wildman–Crippen MR) is 31.9 cm³/mol. The second-order valence-corrected chi connectivity index (χ2v) is 4.11. The highest BCUT2D eigenvalue weighted by molar-refractivity contribution is 6.40. The molecule has 42 valence electrons. The van der Waals surface area contributed by atoms with Gasteiger partial charge in [-0.3, -0.25) is 0 Å². The third-order valence-corrected chi connectivity index (χ3v) is 2.09. The summed E-state index contributed by atoms with van der Waals surface area (Å²) in [6.07, 6.45) is 0. The van der Waals surface area contributed by atoms with Crippen molar-refractivity contribution in [3.63, 3.8) is 0 Å². The third-order valence-electron chi connectivity index (χ3n) is 0.696. The fourth-order valence-electron chi connectivity index (χ4n) is 0.575. The van der Waals surface area contributed by atoms with E-state index in [0.29, 0.717) is 5.92 Å². The maximum atomic E-state index is 10.4. The van der Waals surface area contributed by atoms with Crippen molar-refractivity contribution in [3.05, 3.63) is 0 Å².